The van der Waals surface area contributed by atoms with E-state index in [0.29, 0.717) is 5.92 Å². The standard InChI is InChI=1S/C21H19N3O/c1-14-23-20-17(15-6-3-2-4-7-15)12-22-13-18(20)24(14)21(16-9-10-16)19-8-5-11-25-19/h2-8,11-13,16,21H,9-10H2,1H3. The van der Waals surface area contributed by atoms with Crippen LogP contribution in [0.25, 0.3) is 22.2 Å². The zero-order valence-electron chi connectivity index (χ0n) is 14.1. The van der Waals surface area contributed by atoms with E-state index in [1.54, 1.807) is 6.26 Å². The van der Waals surface area contributed by atoms with Crippen LogP contribution >= 0.6 is 0 Å². The third-order valence-electron chi connectivity index (χ3n) is 5.05. The molecule has 5 rings (SSSR count). The number of hydrogen-bond donors (Lipinski definition) is 0. The first-order valence-electron chi connectivity index (χ1n) is 8.74. The second kappa shape index (κ2) is 5.59. The summed E-state index contributed by atoms with van der Waals surface area (Å²) >= 11 is 0. The Labute approximate surface area is 146 Å². The van der Waals surface area contributed by atoms with E-state index in [0.717, 1.165) is 33.7 Å². The predicted molar refractivity (Wildman–Crippen MR) is 97.3 cm³/mol. The maximum absolute atomic E-state index is 5.77. The molecule has 124 valence electrons. The summed E-state index contributed by atoms with van der Waals surface area (Å²) in [4.78, 5) is 9.43. The lowest BCUT2D eigenvalue weighted by molar-refractivity contribution is 0.399. The summed E-state index contributed by atoms with van der Waals surface area (Å²) < 4.78 is 8.08. The molecule has 0 bridgehead atoms. The van der Waals surface area contributed by atoms with Crippen molar-refractivity contribution in [1.82, 2.24) is 14.5 Å². The van der Waals surface area contributed by atoms with Gasteiger partial charge in [0.1, 0.15) is 11.6 Å². The largest absolute Gasteiger partial charge is 0.467 e. The molecule has 0 aliphatic heterocycles. The molecule has 1 aromatic carbocycles. The molecule has 1 aliphatic carbocycles. The molecule has 4 heteroatoms. The average Bonchev–Trinajstić information content (AvgIpc) is 3.22. The highest BCUT2D eigenvalue weighted by Crippen LogP contribution is 2.45. The fourth-order valence-corrected chi connectivity index (χ4v) is 3.75. The zero-order valence-corrected chi connectivity index (χ0v) is 14.1. The van der Waals surface area contributed by atoms with Gasteiger partial charge in [-0.15, -0.1) is 0 Å². The fraction of sp³-hybridized carbons (Fsp3) is 0.238. The van der Waals surface area contributed by atoms with Crippen LogP contribution in [-0.4, -0.2) is 14.5 Å². The molecule has 3 aromatic heterocycles. The van der Waals surface area contributed by atoms with Crippen LogP contribution in [-0.2, 0) is 0 Å². The summed E-state index contributed by atoms with van der Waals surface area (Å²) in [5.41, 5.74) is 4.31. The van der Waals surface area contributed by atoms with Crippen molar-refractivity contribution in [3.63, 3.8) is 0 Å². The van der Waals surface area contributed by atoms with Gasteiger partial charge < -0.3 is 8.98 Å². The van der Waals surface area contributed by atoms with E-state index < -0.39 is 0 Å². The Morgan fingerprint density at radius 3 is 2.64 bits per heavy atom. The molecule has 25 heavy (non-hydrogen) atoms. The van der Waals surface area contributed by atoms with Gasteiger partial charge >= 0.3 is 0 Å². The molecule has 0 spiro atoms. The molecule has 0 N–H and O–H groups in total. The Morgan fingerprint density at radius 1 is 1.08 bits per heavy atom. The highest BCUT2D eigenvalue weighted by atomic mass is 16.3. The maximum Gasteiger partial charge on any atom is 0.126 e. The highest BCUT2D eigenvalue weighted by molar-refractivity contribution is 5.91. The van der Waals surface area contributed by atoms with Crippen molar-refractivity contribution in [3.8, 4) is 11.1 Å². The molecule has 4 nitrogen and oxygen atoms in total. The smallest absolute Gasteiger partial charge is 0.126 e. The number of pyridine rings is 1. The molecule has 1 atom stereocenters. The molecule has 1 saturated carbocycles. The molecule has 1 fully saturated rings. The van der Waals surface area contributed by atoms with Gasteiger partial charge in [-0.3, -0.25) is 4.98 Å². The van der Waals surface area contributed by atoms with Gasteiger partial charge in [0.2, 0.25) is 0 Å². The van der Waals surface area contributed by atoms with Crippen LogP contribution in [0, 0.1) is 12.8 Å². The first-order chi connectivity index (χ1) is 12.3. The number of aryl methyl sites for hydroxylation is 1. The SMILES string of the molecule is Cc1nc2c(-c3ccccc3)cncc2n1C(c1ccco1)C1CC1. The Kier molecular flexibility index (Phi) is 3.23. The van der Waals surface area contributed by atoms with Crippen molar-refractivity contribution < 1.29 is 4.42 Å². The summed E-state index contributed by atoms with van der Waals surface area (Å²) in [6, 6.07) is 14.6. The first-order valence-corrected chi connectivity index (χ1v) is 8.74. The molecular formula is C21H19N3O. The lowest BCUT2D eigenvalue weighted by Crippen LogP contribution is -2.13. The minimum atomic E-state index is 0.202. The van der Waals surface area contributed by atoms with Crippen LogP contribution < -0.4 is 0 Å². The molecule has 0 radical (unpaired) electrons. The van der Waals surface area contributed by atoms with E-state index in [9.17, 15) is 0 Å². The van der Waals surface area contributed by atoms with Crippen LogP contribution in [0.15, 0.2) is 65.5 Å². The van der Waals surface area contributed by atoms with Crippen LogP contribution in [0.5, 0.6) is 0 Å². The van der Waals surface area contributed by atoms with Gasteiger partial charge in [-0.2, -0.15) is 0 Å². The summed E-state index contributed by atoms with van der Waals surface area (Å²) in [7, 11) is 0. The van der Waals surface area contributed by atoms with Crippen molar-refractivity contribution in [2.45, 2.75) is 25.8 Å². The molecule has 0 amide bonds. The van der Waals surface area contributed by atoms with E-state index in [2.05, 4.69) is 34.7 Å². The number of benzene rings is 1. The van der Waals surface area contributed by atoms with Crippen LogP contribution in [0.1, 0.15) is 30.5 Å². The second-order valence-corrected chi connectivity index (χ2v) is 6.75. The Morgan fingerprint density at radius 2 is 1.92 bits per heavy atom. The van der Waals surface area contributed by atoms with Gasteiger partial charge in [-0.1, -0.05) is 30.3 Å². The maximum atomic E-state index is 5.77. The molecular weight excluding hydrogens is 310 g/mol. The number of aromatic nitrogens is 3. The highest BCUT2D eigenvalue weighted by Gasteiger charge is 2.37. The monoisotopic (exact) mass is 329 g/mol. The minimum absolute atomic E-state index is 0.202. The van der Waals surface area contributed by atoms with Gasteiger partial charge in [-0.05, 0) is 43.4 Å². The van der Waals surface area contributed by atoms with Crippen molar-refractivity contribution in [2.24, 2.45) is 5.92 Å². The molecule has 0 saturated heterocycles. The minimum Gasteiger partial charge on any atom is -0.467 e. The Hall–Kier alpha value is -2.88. The number of imidazole rings is 1. The van der Waals surface area contributed by atoms with Crippen LogP contribution in [0.4, 0.5) is 0 Å². The van der Waals surface area contributed by atoms with E-state index in [1.165, 1.54) is 12.8 Å². The summed E-state index contributed by atoms with van der Waals surface area (Å²) in [6.07, 6.45) is 8.06. The lowest BCUT2D eigenvalue weighted by atomic mass is 10.1. The number of fused-ring (bicyclic) bond motifs is 1. The van der Waals surface area contributed by atoms with Crippen molar-refractivity contribution in [3.05, 3.63) is 72.7 Å². The average molecular weight is 329 g/mol. The molecule has 4 aromatic rings. The number of hydrogen-bond acceptors (Lipinski definition) is 3. The summed E-state index contributed by atoms with van der Waals surface area (Å²) in [5.74, 6) is 2.63. The third kappa shape index (κ3) is 2.37. The summed E-state index contributed by atoms with van der Waals surface area (Å²) in [6.45, 7) is 2.08. The van der Waals surface area contributed by atoms with E-state index in [1.807, 2.05) is 36.7 Å². The first kappa shape index (κ1) is 14.5. The summed E-state index contributed by atoms with van der Waals surface area (Å²) in [5, 5.41) is 0. The van der Waals surface area contributed by atoms with Gasteiger partial charge in [-0.25, -0.2) is 4.98 Å². The molecule has 3 heterocycles. The number of nitrogens with zero attached hydrogens (tertiary/aromatic N) is 3. The van der Waals surface area contributed by atoms with Crippen LogP contribution in [0.2, 0.25) is 0 Å². The molecule has 1 aliphatic rings. The van der Waals surface area contributed by atoms with Crippen LogP contribution in [0.3, 0.4) is 0 Å². The zero-order chi connectivity index (χ0) is 16.8. The predicted octanol–water partition coefficient (Wildman–Crippen LogP) is 5.00. The van der Waals surface area contributed by atoms with E-state index in [4.69, 9.17) is 9.40 Å². The van der Waals surface area contributed by atoms with Crippen molar-refractivity contribution >= 4 is 11.0 Å². The van der Waals surface area contributed by atoms with E-state index >= 15 is 0 Å². The van der Waals surface area contributed by atoms with E-state index in [-0.39, 0.29) is 6.04 Å². The van der Waals surface area contributed by atoms with Gasteiger partial charge in [0, 0.05) is 11.8 Å². The number of rotatable bonds is 4. The van der Waals surface area contributed by atoms with Gasteiger partial charge in [0.25, 0.3) is 0 Å². The van der Waals surface area contributed by atoms with Gasteiger partial charge in [0.05, 0.1) is 29.5 Å². The van der Waals surface area contributed by atoms with Gasteiger partial charge in [0.15, 0.2) is 0 Å². The lowest BCUT2D eigenvalue weighted by Gasteiger charge is -2.18. The number of furan rings is 1. The fourth-order valence-electron chi connectivity index (χ4n) is 3.75. The Bertz CT molecular complexity index is 1010. The normalized spacial score (nSPS) is 15.6. The van der Waals surface area contributed by atoms with Crippen molar-refractivity contribution in [1.29, 1.82) is 0 Å². The molecule has 1 unspecified atom stereocenters. The third-order valence-corrected chi connectivity index (χ3v) is 5.05. The quantitative estimate of drug-likeness (QED) is 0.529. The van der Waals surface area contributed by atoms with Crippen molar-refractivity contribution in [2.75, 3.05) is 0 Å². The topological polar surface area (TPSA) is 43.9 Å². The Balaban J connectivity index is 1.73. The second-order valence-electron chi connectivity index (χ2n) is 6.75.